The minimum atomic E-state index is -2.85. The highest BCUT2D eigenvalue weighted by atomic mass is 32.2. The van der Waals surface area contributed by atoms with Crippen LogP contribution in [0.25, 0.3) is 0 Å². The average molecular weight is 217 g/mol. The van der Waals surface area contributed by atoms with E-state index >= 15 is 0 Å². The molecule has 0 spiro atoms. The first-order valence-corrected chi connectivity index (χ1v) is 6.39. The summed E-state index contributed by atoms with van der Waals surface area (Å²) in [7, 11) is -2.85. The molecule has 5 heteroatoms. The number of sulfone groups is 1. The number of hydrogen-bond donors (Lipinski definition) is 1. The minimum Gasteiger partial charge on any atom is -0.468 e. The van der Waals surface area contributed by atoms with Gasteiger partial charge >= 0.3 is 0 Å². The van der Waals surface area contributed by atoms with Crippen LogP contribution < -0.4 is 5.32 Å². The van der Waals surface area contributed by atoms with Crippen LogP contribution in [-0.2, 0) is 16.4 Å². The SMILES string of the molecule is CCS(=O)(=O)CCNCc1ccco1. The Labute approximate surface area is 84.2 Å². The molecular weight excluding hydrogens is 202 g/mol. The van der Waals surface area contributed by atoms with Gasteiger partial charge in [-0.15, -0.1) is 0 Å². The van der Waals surface area contributed by atoms with E-state index in [2.05, 4.69) is 5.32 Å². The monoisotopic (exact) mass is 217 g/mol. The molecule has 0 bridgehead atoms. The van der Waals surface area contributed by atoms with E-state index in [-0.39, 0.29) is 11.5 Å². The van der Waals surface area contributed by atoms with Crippen molar-refractivity contribution in [1.29, 1.82) is 0 Å². The third-order valence-corrected chi connectivity index (χ3v) is 3.61. The summed E-state index contributed by atoms with van der Waals surface area (Å²) in [5, 5.41) is 3.01. The normalized spacial score (nSPS) is 11.8. The molecule has 0 fully saturated rings. The Balaban J connectivity index is 2.17. The summed E-state index contributed by atoms with van der Waals surface area (Å²) < 4.78 is 27.3. The lowest BCUT2D eigenvalue weighted by molar-refractivity contribution is 0.487. The van der Waals surface area contributed by atoms with Crippen LogP contribution in [0.4, 0.5) is 0 Å². The van der Waals surface area contributed by atoms with Gasteiger partial charge in [-0.25, -0.2) is 8.42 Å². The maximum absolute atomic E-state index is 11.1. The molecule has 0 aliphatic rings. The third kappa shape index (κ3) is 3.93. The summed E-state index contributed by atoms with van der Waals surface area (Å²) >= 11 is 0. The van der Waals surface area contributed by atoms with Gasteiger partial charge in [-0.3, -0.25) is 0 Å². The van der Waals surface area contributed by atoms with Crippen LogP contribution in [0.2, 0.25) is 0 Å². The second-order valence-corrected chi connectivity index (χ2v) is 5.47. The smallest absolute Gasteiger partial charge is 0.151 e. The Morgan fingerprint density at radius 2 is 2.29 bits per heavy atom. The van der Waals surface area contributed by atoms with Crippen molar-refractivity contribution in [1.82, 2.24) is 5.32 Å². The van der Waals surface area contributed by atoms with E-state index in [1.807, 2.05) is 6.07 Å². The lowest BCUT2D eigenvalue weighted by Crippen LogP contribution is -2.23. The maximum Gasteiger partial charge on any atom is 0.151 e. The molecule has 0 radical (unpaired) electrons. The Morgan fingerprint density at radius 3 is 2.86 bits per heavy atom. The van der Waals surface area contributed by atoms with Gasteiger partial charge in [-0.2, -0.15) is 0 Å². The van der Waals surface area contributed by atoms with Gasteiger partial charge in [0, 0.05) is 12.3 Å². The van der Waals surface area contributed by atoms with Gasteiger partial charge in [-0.05, 0) is 12.1 Å². The molecule has 80 valence electrons. The molecule has 0 amide bonds. The largest absolute Gasteiger partial charge is 0.468 e. The van der Waals surface area contributed by atoms with Crippen LogP contribution in [0.15, 0.2) is 22.8 Å². The summed E-state index contributed by atoms with van der Waals surface area (Å²) in [6, 6.07) is 3.65. The van der Waals surface area contributed by atoms with Crippen molar-refractivity contribution in [2.75, 3.05) is 18.1 Å². The molecule has 0 aliphatic carbocycles. The van der Waals surface area contributed by atoms with Crippen molar-refractivity contribution in [3.8, 4) is 0 Å². The number of hydrogen-bond acceptors (Lipinski definition) is 4. The van der Waals surface area contributed by atoms with Crippen LogP contribution in [0, 0.1) is 0 Å². The van der Waals surface area contributed by atoms with Gasteiger partial charge in [0.2, 0.25) is 0 Å². The Kier molecular flexibility index (Phi) is 4.16. The second kappa shape index (κ2) is 5.17. The molecule has 4 nitrogen and oxygen atoms in total. The van der Waals surface area contributed by atoms with E-state index < -0.39 is 9.84 Å². The molecule has 1 heterocycles. The minimum absolute atomic E-state index is 0.185. The van der Waals surface area contributed by atoms with Gasteiger partial charge in [-0.1, -0.05) is 6.92 Å². The van der Waals surface area contributed by atoms with Crippen molar-refractivity contribution in [2.24, 2.45) is 0 Å². The van der Waals surface area contributed by atoms with Crippen molar-refractivity contribution in [3.63, 3.8) is 0 Å². The molecule has 14 heavy (non-hydrogen) atoms. The van der Waals surface area contributed by atoms with Crippen molar-refractivity contribution < 1.29 is 12.8 Å². The van der Waals surface area contributed by atoms with Crippen LogP contribution in [0.5, 0.6) is 0 Å². The molecule has 1 aromatic rings. The van der Waals surface area contributed by atoms with E-state index in [9.17, 15) is 8.42 Å². The summed E-state index contributed by atoms with van der Waals surface area (Å²) in [4.78, 5) is 0. The Bertz CT molecular complexity index is 342. The Hall–Kier alpha value is -0.810. The number of nitrogens with one attached hydrogen (secondary N) is 1. The second-order valence-electron chi connectivity index (χ2n) is 2.99. The standard InChI is InChI=1S/C9H15NO3S/c1-2-14(11,12)7-5-10-8-9-4-3-6-13-9/h3-4,6,10H,2,5,7-8H2,1H3. The van der Waals surface area contributed by atoms with E-state index in [0.29, 0.717) is 13.1 Å². The fourth-order valence-corrected chi connectivity index (χ4v) is 1.74. The first-order chi connectivity index (χ1) is 6.64. The molecule has 0 aliphatic heterocycles. The van der Waals surface area contributed by atoms with Crippen molar-refractivity contribution in [3.05, 3.63) is 24.2 Å². The molecule has 1 aromatic heterocycles. The van der Waals surface area contributed by atoms with Gasteiger partial charge in [0.25, 0.3) is 0 Å². The van der Waals surface area contributed by atoms with Crippen LogP contribution in [0.1, 0.15) is 12.7 Å². The highest BCUT2D eigenvalue weighted by Crippen LogP contribution is 1.98. The fourth-order valence-electron chi connectivity index (χ4n) is 0.997. The summed E-state index contributed by atoms with van der Waals surface area (Å²) in [6.45, 7) is 2.70. The molecule has 0 aromatic carbocycles. The van der Waals surface area contributed by atoms with Crippen molar-refractivity contribution in [2.45, 2.75) is 13.5 Å². The zero-order chi connectivity index (χ0) is 10.4. The van der Waals surface area contributed by atoms with Gasteiger partial charge in [0.1, 0.15) is 5.76 Å². The topological polar surface area (TPSA) is 59.3 Å². The van der Waals surface area contributed by atoms with Gasteiger partial charge in [0.05, 0.1) is 18.6 Å². The quantitative estimate of drug-likeness (QED) is 0.716. The van der Waals surface area contributed by atoms with Gasteiger partial charge < -0.3 is 9.73 Å². The molecule has 0 saturated carbocycles. The molecule has 0 unspecified atom stereocenters. The lowest BCUT2D eigenvalue weighted by atomic mass is 10.4. The highest BCUT2D eigenvalue weighted by Gasteiger charge is 2.05. The molecule has 0 atom stereocenters. The van der Waals surface area contributed by atoms with E-state index in [0.717, 1.165) is 5.76 Å². The van der Waals surface area contributed by atoms with Crippen molar-refractivity contribution >= 4 is 9.84 Å². The average Bonchev–Trinajstić information content (AvgIpc) is 2.65. The highest BCUT2D eigenvalue weighted by molar-refractivity contribution is 7.91. The summed E-state index contributed by atoms with van der Waals surface area (Å²) in [5.41, 5.74) is 0. The van der Waals surface area contributed by atoms with E-state index in [1.54, 1.807) is 19.3 Å². The number of furan rings is 1. The lowest BCUT2D eigenvalue weighted by Gasteiger charge is -2.02. The third-order valence-electron chi connectivity index (χ3n) is 1.91. The van der Waals surface area contributed by atoms with Crippen LogP contribution in [-0.4, -0.2) is 26.5 Å². The predicted molar refractivity (Wildman–Crippen MR) is 54.7 cm³/mol. The van der Waals surface area contributed by atoms with Crippen LogP contribution >= 0.6 is 0 Å². The van der Waals surface area contributed by atoms with E-state index in [4.69, 9.17) is 4.42 Å². The molecular formula is C9H15NO3S. The van der Waals surface area contributed by atoms with Gasteiger partial charge in [0.15, 0.2) is 9.84 Å². The maximum atomic E-state index is 11.1. The fraction of sp³-hybridized carbons (Fsp3) is 0.556. The molecule has 0 saturated heterocycles. The zero-order valence-corrected chi connectivity index (χ0v) is 9.01. The Morgan fingerprint density at radius 1 is 1.50 bits per heavy atom. The number of rotatable bonds is 6. The molecule has 1 N–H and O–H groups in total. The molecule has 1 rings (SSSR count). The first kappa shape index (κ1) is 11.3. The first-order valence-electron chi connectivity index (χ1n) is 4.57. The summed E-state index contributed by atoms with van der Waals surface area (Å²) in [5.74, 6) is 1.21. The van der Waals surface area contributed by atoms with Crippen LogP contribution in [0.3, 0.4) is 0 Å². The predicted octanol–water partition coefficient (Wildman–Crippen LogP) is 0.804. The van der Waals surface area contributed by atoms with E-state index in [1.165, 1.54) is 0 Å². The zero-order valence-electron chi connectivity index (χ0n) is 8.19. The summed E-state index contributed by atoms with van der Waals surface area (Å²) in [6.07, 6.45) is 1.60.